The van der Waals surface area contributed by atoms with E-state index >= 15 is 0 Å². The van der Waals surface area contributed by atoms with Crippen molar-refractivity contribution in [3.63, 3.8) is 0 Å². The van der Waals surface area contributed by atoms with Gasteiger partial charge in [-0.15, -0.1) is 0 Å². The van der Waals surface area contributed by atoms with E-state index in [0.29, 0.717) is 0 Å². The smallest absolute Gasteiger partial charge is 0.352 e. The van der Waals surface area contributed by atoms with E-state index in [-0.39, 0.29) is 13.1 Å². The third-order valence-electron chi connectivity index (χ3n) is 7.50. The number of hydrogen-bond acceptors (Lipinski definition) is 15. The van der Waals surface area contributed by atoms with Crippen molar-refractivity contribution in [2.24, 2.45) is 16.6 Å². The van der Waals surface area contributed by atoms with Gasteiger partial charge in [0, 0.05) is 32.4 Å². The van der Waals surface area contributed by atoms with Crippen LogP contribution in [-0.4, -0.2) is 133 Å². The van der Waals surface area contributed by atoms with Crippen LogP contribution >= 0.6 is 0 Å². The molecule has 2 saturated heterocycles. The van der Waals surface area contributed by atoms with Crippen LogP contribution in [0.5, 0.6) is 0 Å². The average molecular weight is 586 g/mol. The van der Waals surface area contributed by atoms with Crippen molar-refractivity contribution in [3.05, 3.63) is 49.8 Å². The number of carboxylic acids is 1. The summed E-state index contributed by atoms with van der Waals surface area (Å²) in [6.45, 7) is -0.480. The molecule has 0 bridgehead atoms. The number of hydrogen-bond donors (Lipinski definition) is 7. The zero-order chi connectivity index (χ0) is 30.4. The zero-order valence-corrected chi connectivity index (χ0v) is 21.8. The van der Waals surface area contributed by atoms with Crippen LogP contribution in [0.1, 0.15) is 6.23 Å². The maximum Gasteiger partial charge on any atom is 0.352 e. The van der Waals surface area contributed by atoms with Gasteiger partial charge in [0.15, 0.2) is 24.2 Å². The van der Waals surface area contributed by atoms with Crippen LogP contribution in [0.15, 0.2) is 38.8 Å². The molecule has 0 radical (unpaired) electrons. The summed E-state index contributed by atoms with van der Waals surface area (Å²) in [6, 6.07) is -0.806. The number of aliphatic carboxylic acids is 1. The number of rotatable bonds is 8. The lowest BCUT2D eigenvalue weighted by atomic mass is 9.90. The standard InChI is InChI=1S/C22H31N7O12/c1-27-5-3-8(18(34)35)28(2)20(36)22(27,24)16(41-19-14(33)12(31)9(7-23)39-19)15-11(26-38)13(32)17(40-15)29-6-4-10(30)25-21(29)37/h3-4,6,9,11-17,19,31-33H,5,7,23-24H2,1-2H3,(H,34,35)(H,25,30,37). The van der Waals surface area contributed by atoms with Gasteiger partial charge in [0.05, 0.1) is 0 Å². The molecule has 1 aromatic heterocycles. The van der Waals surface area contributed by atoms with E-state index in [1.807, 2.05) is 4.98 Å². The molecule has 19 heteroatoms. The molecule has 0 saturated carbocycles. The largest absolute Gasteiger partial charge is 0.477 e. The maximum absolute atomic E-state index is 13.8. The quantitative estimate of drug-likeness (QED) is 0.140. The molecular weight excluding hydrogens is 554 g/mol. The number of nitrogens with one attached hydrogen (secondary N) is 1. The lowest BCUT2D eigenvalue weighted by molar-refractivity contribution is -0.242. The number of nitrogens with zero attached hydrogens (tertiary/aromatic N) is 4. The molecule has 19 nitrogen and oxygen atoms in total. The number of carbonyl (C=O) groups excluding carboxylic acids is 1. The minimum absolute atomic E-state index is 0.238. The number of H-pyrrole nitrogens is 1. The third-order valence-corrected chi connectivity index (χ3v) is 7.50. The molecule has 1 amide bonds. The van der Waals surface area contributed by atoms with Crippen molar-refractivity contribution in [1.29, 1.82) is 0 Å². The van der Waals surface area contributed by atoms with Gasteiger partial charge in [-0.25, -0.2) is 9.59 Å². The minimum atomic E-state index is -2.39. The Hall–Kier alpha value is -3.40. The Morgan fingerprint density at radius 3 is 2.46 bits per heavy atom. The first-order chi connectivity index (χ1) is 19.3. The van der Waals surface area contributed by atoms with Gasteiger partial charge in [-0.2, -0.15) is 4.91 Å². The average Bonchev–Trinajstić information content (AvgIpc) is 3.37. The second-order valence-electron chi connectivity index (χ2n) is 9.88. The topological polar surface area (TPSA) is 286 Å². The van der Waals surface area contributed by atoms with Crippen LogP contribution < -0.4 is 22.7 Å². The number of likely N-dealkylation sites (N-methyl/N-ethyl adjacent to an activating group) is 2. The molecule has 4 heterocycles. The predicted molar refractivity (Wildman–Crippen MR) is 133 cm³/mol. The number of aliphatic hydroxyl groups excluding tert-OH is 3. The van der Waals surface area contributed by atoms with Crippen LogP contribution in [0, 0.1) is 4.91 Å². The summed E-state index contributed by atoms with van der Waals surface area (Å²) in [5, 5.41) is 44.4. The Morgan fingerprint density at radius 1 is 1.22 bits per heavy atom. The first kappa shape index (κ1) is 30.6. The van der Waals surface area contributed by atoms with E-state index in [1.54, 1.807) is 0 Å². The Morgan fingerprint density at radius 2 is 1.90 bits per heavy atom. The zero-order valence-electron chi connectivity index (χ0n) is 21.8. The number of amides is 1. The second-order valence-corrected chi connectivity index (χ2v) is 9.88. The highest BCUT2D eigenvalue weighted by atomic mass is 16.7. The van der Waals surface area contributed by atoms with Crippen LogP contribution in [-0.2, 0) is 23.8 Å². The number of aromatic nitrogens is 2. The summed E-state index contributed by atoms with van der Waals surface area (Å²) < 4.78 is 18.1. The van der Waals surface area contributed by atoms with Gasteiger partial charge in [-0.3, -0.25) is 24.0 Å². The fraction of sp³-hybridized carbons (Fsp3) is 0.636. The number of nitroso groups, excluding NO2 is 1. The maximum atomic E-state index is 13.8. The van der Waals surface area contributed by atoms with E-state index in [2.05, 4.69) is 5.18 Å². The number of aliphatic hydroxyl groups is 3. The van der Waals surface area contributed by atoms with E-state index in [4.69, 9.17) is 25.7 Å². The molecule has 3 aliphatic heterocycles. The van der Waals surface area contributed by atoms with Gasteiger partial charge in [0.25, 0.3) is 11.5 Å². The van der Waals surface area contributed by atoms with Crippen molar-refractivity contribution >= 4 is 11.9 Å². The van der Waals surface area contributed by atoms with Gasteiger partial charge in [0.2, 0.25) is 0 Å². The van der Waals surface area contributed by atoms with Gasteiger partial charge >= 0.3 is 11.7 Å². The second kappa shape index (κ2) is 11.5. The van der Waals surface area contributed by atoms with Gasteiger partial charge in [-0.1, -0.05) is 5.18 Å². The summed E-state index contributed by atoms with van der Waals surface area (Å²) in [5.41, 5.74) is 7.69. The molecule has 1 aromatic rings. The number of ether oxygens (including phenoxy) is 3. The third kappa shape index (κ3) is 5.11. The Bertz CT molecular complexity index is 1330. The van der Waals surface area contributed by atoms with Crippen LogP contribution in [0.2, 0.25) is 0 Å². The summed E-state index contributed by atoms with van der Waals surface area (Å²) in [7, 11) is 2.48. The molecule has 9 N–H and O–H groups in total. The summed E-state index contributed by atoms with van der Waals surface area (Å²) in [4.78, 5) is 65.6. The molecule has 0 aliphatic carbocycles. The van der Waals surface area contributed by atoms with Gasteiger partial charge in [0.1, 0.15) is 42.3 Å². The number of aromatic amines is 1. The van der Waals surface area contributed by atoms with E-state index < -0.39 is 89.7 Å². The summed E-state index contributed by atoms with van der Waals surface area (Å²) >= 11 is 0. The number of nitrogens with two attached hydrogens (primary N) is 2. The minimum Gasteiger partial charge on any atom is -0.477 e. The van der Waals surface area contributed by atoms with Crippen molar-refractivity contribution in [1.82, 2.24) is 19.4 Å². The molecule has 10 unspecified atom stereocenters. The SMILES string of the molecule is CN1C(=O)C(N)(C(OC2OC(CN)C(O)C2O)C2OC(n3ccc(=O)[nH]c3=O)C(O)C2N=O)N(C)CC=C1C(=O)O. The van der Waals surface area contributed by atoms with Crippen LogP contribution in [0.4, 0.5) is 0 Å². The molecule has 0 spiro atoms. The first-order valence-corrected chi connectivity index (χ1v) is 12.3. The molecule has 3 aliphatic rings. The van der Waals surface area contributed by atoms with E-state index in [0.717, 1.165) is 28.8 Å². The molecular formula is C22H31N7O12. The molecule has 41 heavy (non-hydrogen) atoms. The van der Waals surface area contributed by atoms with Crippen molar-refractivity contribution in [2.75, 3.05) is 27.2 Å². The lowest BCUT2D eigenvalue weighted by Gasteiger charge is -2.45. The highest BCUT2D eigenvalue weighted by molar-refractivity contribution is 5.96. The number of carbonyl (C=O) groups is 2. The van der Waals surface area contributed by atoms with Crippen molar-refractivity contribution < 1.29 is 44.2 Å². The molecule has 10 atom stereocenters. The fourth-order valence-electron chi connectivity index (χ4n) is 5.14. The number of carboxylic acid groups (broad SMARTS) is 1. The monoisotopic (exact) mass is 585 g/mol. The Labute approximate surface area is 230 Å². The van der Waals surface area contributed by atoms with Gasteiger partial charge < -0.3 is 51.0 Å². The first-order valence-electron chi connectivity index (χ1n) is 12.3. The van der Waals surface area contributed by atoms with E-state index in [9.17, 15) is 44.5 Å². The normalized spacial score (nSPS) is 37.1. The summed E-state index contributed by atoms with van der Waals surface area (Å²) in [6.07, 6.45) is -11.0. The van der Waals surface area contributed by atoms with Crippen molar-refractivity contribution in [2.45, 2.75) is 60.8 Å². The lowest BCUT2D eigenvalue weighted by Crippen LogP contribution is -2.73. The summed E-state index contributed by atoms with van der Waals surface area (Å²) in [5.74, 6) is -2.51. The Kier molecular flexibility index (Phi) is 8.55. The van der Waals surface area contributed by atoms with Crippen LogP contribution in [0.25, 0.3) is 0 Å². The van der Waals surface area contributed by atoms with E-state index in [1.165, 1.54) is 18.0 Å². The highest BCUT2D eigenvalue weighted by Gasteiger charge is 2.61. The fourth-order valence-corrected chi connectivity index (χ4v) is 5.14. The molecule has 0 aromatic carbocycles. The molecule has 226 valence electrons. The molecule has 4 rings (SSSR count). The molecule has 2 fully saturated rings. The Balaban J connectivity index is 1.82. The van der Waals surface area contributed by atoms with Crippen molar-refractivity contribution in [3.8, 4) is 0 Å². The highest BCUT2D eigenvalue weighted by Crippen LogP contribution is 2.39. The van der Waals surface area contributed by atoms with Crippen LogP contribution in [0.3, 0.4) is 0 Å². The van der Waals surface area contributed by atoms with Gasteiger partial charge in [-0.05, 0) is 13.1 Å². The predicted octanol–water partition coefficient (Wildman–Crippen LogP) is -5.25.